The molecule has 2 aromatic carbocycles. The highest BCUT2D eigenvalue weighted by Crippen LogP contribution is 2.31. The number of amides is 1. The van der Waals surface area contributed by atoms with Crippen LogP contribution in [0.15, 0.2) is 36.4 Å². The minimum atomic E-state index is -0.815. The molecule has 1 aromatic heterocycles. The normalized spacial score (nSPS) is 10.7. The number of halogens is 2. The Labute approximate surface area is 147 Å². The number of carbonyl (C=O) groups is 2. The largest absolute Gasteiger partial charge is 0.424 e. The minimum absolute atomic E-state index is 0.0393. The van der Waals surface area contributed by atoms with Crippen molar-refractivity contribution in [3.63, 3.8) is 0 Å². The van der Waals surface area contributed by atoms with Crippen LogP contribution in [0.5, 0.6) is 5.75 Å². The molecule has 0 aliphatic heterocycles. The Kier molecular flexibility index (Phi) is 4.41. The molecule has 3 rings (SSSR count). The van der Waals surface area contributed by atoms with Gasteiger partial charge in [-0.25, -0.2) is 4.39 Å². The molecule has 1 N–H and O–H groups in total. The number of ether oxygens (including phenoxy) is 1. The van der Waals surface area contributed by atoms with Gasteiger partial charge in [-0.3, -0.25) is 14.3 Å². The molecular weight excluding hydrogens is 349 g/mol. The first-order chi connectivity index (χ1) is 11.9. The van der Waals surface area contributed by atoms with Crippen LogP contribution in [0, 0.1) is 5.82 Å². The van der Waals surface area contributed by atoms with Crippen LogP contribution in [0.1, 0.15) is 17.4 Å². The quantitative estimate of drug-likeness (QED) is 0.572. The third kappa shape index (κ3) is 3.32. The number of nitrogens with zero attached hydrogens (tertiary/aromatic N) is 2. The van der Waals surface area contributed by atoms with Gasteiger partial charge in [-0.15, -0.1) is 0 Å². The van der Waals surface area contributed by atoms with Gasteiger partial charge in [0.1, 0.15) is 5.69 Å². The van der Waals surface area contributed by atoms with Crippen molar-refractivity contribution in [2.75, 3.05) is 5.32 Å². The molecule has 0 aliphatic carbocycles. The van der Waals surface area contributed by atoms with E-state index in [1.54, 1.807) is 25.2 Å². The smallest absolute Gasteiger partial charge is 0.308 e. The summed E-state index contributed by atoms with van der Waals surface area (Å²) in [6.07, 6.45) is 0. The first-order valence-electron chi connectivity index (χ1n) is 7.27. The number of esters is 1. The molecule has 6 nitrogen and oxygen atoms in total. The summed E-state index contributed by atoms with van der Waals surface area (Å²) in [6, 6.07) is 9.29. The van der Waals surface area contributed by atoms with Crippen molar-refractivity contribution in [2.24, 2.45) is 7.05 Å². The fraction of sp³-hybridized carbons (Fsp3) is 0.118. The number of aryl methyl sites for hydroxylation is 1. The number of benzene rings is 2. The predicted molar refractivity (Wildman–Crippen MR) is 91.4 cm³/mol. The fourth-order valence-corrected chi connectivity index (χ4v) is 2.66. The number of anilines is 1. The molecular formula is C17H13ClFN3O3. The number of hydrogen-bond acceptors (Lipinski definition) is 4. The number of rotatable bonds is 3. The molecule has 1 amide bonds. The van der Waals surface area contributed by atoms with Crippen molar-refractivity contribution in [1.29, 1.82) is 0 Å². The zero-order valence-electron chi connectivity index (χ0n) is 13.3. The lowest BCUT2D eigenvalue weighted by atomic mass is 10.2. The molecule has 0 radical (unpaired) electrons. The second-order valence-electron chi connectivity index (χ2n) is 5.30. The molecule has 0 saturated carbocycles. The molecule has 0 bridgehead atoms. The Morgan fingerprint density at radius 2 is 2.00 bits per heavy atom. The van der Waals surface area contributed by atoms with Gasteiger partial charge >= 0.3 is 5.97 Å². The molecule has 0 unspecified atom stereocenters. The summed E-state index contributed by atoms with van der Waals surface area (Å²) in [5.41, 5.74) is 1.04. The first-order valence-corrected chi connectivity index (χ1v) is 7.65. The lowest BCUT2D eigenvalue weighted by molar-refractivity contribution is -0.132. The van der Waals surface area contributed by atoms with Gasteiger partial charge in [0, 0.05) is 31.5 Å². The number of nitrogens with one attached hydrogen (secondary N) is 1. The van der Waals surface area contributed by atoms with Crippen LogP contribution >= 0.6 is 11.6 Å². The monoisotopic (exact) mass is 361 g/mol. The number of fused-ring (bicyclic) bond motifs is 1. The van der Waals surface area contributed by atoms with E-state index in [4.69, 9.17) is 16.3 Å². The van der Waals surface area contributed by atoms with Crippen LogP contribution < -0.4 is 10.1 Å². The van der Waals surface area contributed by atoms with Crippen molar-refractivity contribution in [1.82, 2.24) is 9.78 Å². The van der Waals surface area contributed by atoms with Crippen molar-refractivity contribution < 1.29 is 18.7 Å². The molecule has 0 saturated heterocycles. The number of carbonyl (C=O) groups excluding carboxylic acids is 2. The van der Waals surface area contributed by atoms with Gasteiger partial charge in [0.05, 0.1) is 16.2 Å². The van der Waals surface area contributed by atoms with E-state index in [1.807, 2.05) is 6.07 Å². The van der Waals surface area contributed by atoms with Gasteiger partial charge in [0.25, 0.3) is 5.91 Å². The summed E-state index contributed by atoms with van der Waals surface area (Å²) < 4.78 is 20.2. The van der Waals surface area contributed by atoms with E-state index >= 15 is 0 Å². The lowest BCUT2D eigenvalue weighted by Crippen LogP contribution is -2.17. The van der Waals surface area contributed by atoms with Gasteiger partial charge in [-0.1, -0.05) is 29.8 Å². The van der Waals surface area contributed by atoms with Crippen LogP contribution in [-0.4, -0.2) is 21.7 Å². The van der Waals surface area contributed by atoms with Crippen molar-refractivity contribution >= 4 is 40.1 Å². The molecule has 3 aromatic rings. The highest BCUT2D eigenvalue weighted by atomic mass is 35.5. The van der Waals surface area contributed by atoms with E-state index in [0.717, 1.165) is 19.1 Å². The predicted octanol–water partition coefficient (Wildman–Crippen LogP) is 3.54. The SMILES string of the molecule is CC(=O)Oc1cc(Cl)c(NC(=O)c2c3ccccc3nn2C)cc1F. The Hall–Kier alpha value is -2.93. The number of aromatic nitrogens is 2. The van der Waals surface area contributed by atoms with Gasteiger partial charge in [-0.2, -0.15) is 5.10 Å². The average Bonchev–Trinajstić information content (AvgIpc) is 2.87. The summed E-state index contributed by atoms with van der Waals surface area (Å²) in [5.74, 6) is -2.28. The van der Waals surface area contributed by atoms with E-state index in [-0.39, 0.29) is 16.5 Å². The molecule has 0 atom stereocenters. The van der Waals surface area contributed by atoms with Crippen LogP contribution in [0.3, 0.4) is 0 Å². The Balaban J connectivity index is 1.94. The Morgan fingerprint density at radius 1 is 1.28 bits per heavy atom. The van der Waals surface area contributed by atoms with Gasteiger partial charge < -0.3 is 10.1 Å². The summed E-state index contributed by atoms with van der Waals surface area (Å²) in [6.45, 7) is 1.15. The van der Waals surface area contributed by atoms with E-state index in [9.17, 15) is 14.0 Å². The van der Waals surface area contributed by atoms with Crippen molar-refractivity contribution in [2.45, 2.75) is 6.92 Å². The van der Waals surface area contributed by atoms with Crippen LogP contribution in [0.2, 0.25) is 5.02 Å². The Morgan fingerprint density at radius 3 is 2.72 bits per heavy atom. The molecule has 128 valence electrons. The standard InChI is InChI=1S/C17H13ClFN3O3/c1-9(23)25-15-7-11(18)14(8-12(15)19)20-17(24)16-10-5-3-4-6-13(10)21-22(16)2/h3-8H,1-2H3,(H,20,24). The maximum Gasteiger partial charge on any atom is 0.308 e. The molecule has 0 fully saturated rings. The van der Waals surface area contributed by atoms with Gasteiger partial charge in [0.15, 0.2) is 11.6 Å². The third-order valence-corrected chi connectivity index (χ3v) is 3.79. The third-order valence-electron chi connectivity index (χ3n) is 3.48. The maximum atomic E-state index is 14.0. The summed E-state index contributed by atoms with van der Waals surface area (Å²) >= 11 is 6.05. The lowest BCUT2D eigenvalue weighted by Gasteiger charge is -2.10. The number of hydrogen-bond donors (Lipinski definition) is 1. The molecule has 25 heavy (non-hydrogen) atoms. The molecule has 0 aliphatic rings. The fourth-order valence-electron chi connectivity index (χ4n) is 2.46. The topological polar surface area (TPSA) is 73.2 Å². The highest BCUT2D eigenvalue weighted by molar-refractivity contribution is 6.34. The average molecular weight is 362 g/mol. The zero-order valence-corrected chi connectivity index (χ0v) is 14.1. The first kappa shape index (κ1) is 16.9. The molecule has 1 heterocycles. The van der Waals surface area contributed by atoms with Gasteiger partial charge in [-0.05, 0) is 6.07 Å². The van der Waals surface area contributed by atoms with E-state index in [1.165, 1.54) is 4.68 Å². The van der Waals surface area contributed by atoms with E-state index in [0.29, 0.717) is 16.6 Å². The summed E-state index contributed by atoms with van der Waals surface area (Å²) in [5, 5.41) is 7.51. The van der Waals surface area contributed by atoms with Crippen molar-refractivity contribution in [3.8, 4) is 5.75 Å². The highest BCUT2D eigenvalue weighted by Gasteiger charge is 2.19. The van der Waals surface area contributed by atoms with Gasteiger partial charge in [0.2, 0.25) is 0 Å². The van der Waals surface area contributed by atoms with E-state index in [2.05, 4.69) is 10.4 Å². The van der Waals surface area contributed by atoms with E-state index < -0.39 is 17.7 Å². The van der Waals surface area contributed by atoms with Crippen LogP contribution in [0.25, 0.3) is 10.9 Å². The second-order valence-corrected chi connectivity index (χ2v) is 5.71. The Bertz CT molecular complexity index is 1000. The molecule has 8 heteroatoms. The second kappa shape index (κ2) is 6.52. The minimum Gasteiger partial charge on any atom is -0.424 e. The van der Waals surface area contributed by atoms with Crippen LogP contribution in [0.4, 0.5) is 10.1 Å². The maximum absolute atomic E-state index is 14.0. The molecule has 0 spiro atoms. The summed E-state index contributed by atoms with van der Waals surface area (Å²) in [4.78, 5) is 23.5. The summed E-state index contributed by atoms with van der Waals surface area (Å²) in [7, 11) is 1.64. The van der Waals surface area contributed by atoms with Crippen LogP contribution in [-0.2, 0) is 11.8 Å². The zero-order chi connectivity index (χ0) is 18.1. The van der Waals surface area contributed by atoms with Crippen molar-refractivity contribution in [3.05, 3.63) is 52.9 Å².